The molecule has 3 N–H and O–H groups in total. The molecule has 2 saturated heterocycles. The SMILES string of the molecule is O=C(NCC1CC2(CCNCC2)C(=O)O1)c1ccncc1Br.O=C(O)C(F)(F)F. The first kappa shape index (κ1) is 23.1. The lowest BCUT2D eigenvalue weighted by Gasteiger charge is -2.29. The van der Waals surface area contributed by atoms with Crippen LogP contribution in [0, 0.1) is 5.41 Å². The van der Waals surface area contributed by atoms with Crippen LogP contribution in [0.25, 0.3) is 0 Å². The number of nitrogens with zero attached hydrogens (tertiary/aromatic N) is 1. The van der Waals surface area contributed by atoms with Crippen molar-refractivity contribution in [2.45, 2.75) is 31.5 Å². The van der Waals surface area contributed by atoms with Crippen molar-refractivity contribution in [1.29, 1.82) is 0 Å². The standard InChI is InChI=1S/C15H18BrN3O3.C2HF3O2/c16-12-9-18-4-1-11(12)13(20)19-8-10-7-15(14(21)22-10)2-5-17-6-3-15;3-2(4,5)1(6)7/h1,4,9-10,17H,2-3,5-8H2,(H,19,20);(H,6,7). The number of pyridine rings is 1. The Morgan fingerprint density at radius 3 is 2.55 bits per heavy atom. The molecular formula is C17H19BrF3N3O5. The van der Waals surface area contributed by atoms with Gasteiger partial charge in [0.15, 0.2) is 0 Å². The first-order chi connectivity index (χ1) is 13.5. The van der Waals surface area contributed by atoms with Crippen LogP contribution in [-0.2, 0) is 14.3 Å². The molecule has 29 heavy (non-hydrogen) atoms. The van der Waals surface area contributed by atoms with Gasteiger partial charge in [-0.15, -0.1) is 0 Å². The van der Waals surface area contributed by atoms with E-state index in [1.54, 1.807) is 18.5 Å². The van der Waals surface area contributed by atoms with E-state index in [-0.39, 0.29) is 23.4 Å². The van der Waals surface area contributed by atoms with Crippen LogP contribution in [-0.4, -0.2) is 59.9 Å². The molecule has 0 aromatic carbocycles. The number of carboxylic acid groups (broad SMARTS) is 1. The molecule has 1 aromatic heterocycles. The van der Waals surface area contributed by atoms with Crippen LogP contribution in [0.15, 0.2) is 22.9 Å². The molecule has 2 aliphatic heterocycles. The Bertz CT molecular complexity index is 769. The molecule has 1 amide bonds. The average molecular weight is 482 g/mol. The third kappa shape index (κ3) is 6.13. The second-order valence-corrected chi connectivity index (χ2v) is 7.48. The fourth-order valence-corrected chi connectivity index (χ4v) is 3.56. The number of carboxylic acids is 1. The van der Waals surface area contributed by atoms with Gasteiger partial charge in [0.25, 0.3) is 5.91 Å². The molecule has 3 rings (SSSR count). The molecule has 8 nitrogen and oxygen atoms in total. The predicted molar refractivity (Wildman–Crippen MR) is 97.0 cm³/mol. The Morgan fingerprint density at radius 2 is 2.00 bits per heavy atom. The highest BCUT2D eigenvalue weighted by Gasteiger charge is 2.49. The van der Waals surface area contributed by atoms with Gasteiger partial charge in [-0.3, -0.25) is 14.6 Å². The number of rotatable bonds is 3. The van der Waals surface area contributed by atoms with Gasteiger partial charge < -0.3 is 20.5 Å². The number of alkyl halides is 3. The number of esters is 1. The minimum Gasteiger partial charge on any atom is -0.475 e. The van der Waals surface area contributed by atoms with Crippen molar-refractivity contribution >= 4 is 33.8 Å². The number of hydrogen-bond acceptors (Lipinski definition) is 6. The molecule has 0 bridgehead atoms. The number of halogens is 4. The van der Waals surface area contributed by atoms with Crippen LogP contribution < -0.4 is 10.6 Å². The zero-order valence-corrected chi connectivity index (χ0v) is 16.7. The Balaban J connectivity index is 0.000000370. The van der Waals surface area contributed by atoms with Crippen molar-refractivity contribution in [3.8, 4) is 0 Å². The zero-order valence-electron chi connectivity index (χ0n) is 15.1. The van der Waals surface area contributed by atoms with Crippen LogP contribution in [0.3, 0.4) is 0 Å². The normalized spacial score (nSPS) is 20.4. The molecule has 3 heterocycles. The van der Waals surface area contributed by atoms with Crippen molar-refractivity contribution < 1.29 is 37.4 Å². The van der Waals surface area contributed by atoms with Gasteiger partial charge in [-0.2, -0.15) is 13.2 Å². The van der Waals surface area contributed by atoms with Gasteiger partial charge in [-0.1, -0.05) is 0 Å². The molecule has 0 aliphatic carbocycles. The van der Waals surface area contributed by atoms with E-state index in [1.807, 2.05) is 0 Å². The molecule has 1 spiro atoms. The summed E-state index contributed by atoms with van der Waals surface area (Å²) in [5, 5.41) is 13.2. The fraction of sp³-hybridized carbons (Fsp3) is 0.529. The van der Waals surface area contributed by atoms with Crippen LogP contribution >= 0.6 is 15.9 Å². The largest absolute Gasteiger partial charge is 0.490 e. The Kier molecular flexibility index (Phi) is 7.58. The summed E-state index contributed by atoms with van der Waals surface area (Å²) in [6.45, 7) is 2.03. The van der Waals surface area contributed by atoms with Crippen LogP contribution in [0.4, 0.5) is 13.2 Å². The van der Waals surface area contributed by atoms with Gasteiger partial charge in [-0.25, -0.2) is 4.79 Å². The van der Waals surface area contributed by atoms with Gasteiger partial charge in [0.05, 0.1) is 17.5 Å². The van der Waals surface area contributed by atoms with Crippen molar-refractivity contribution in [1.82, 2.24) is 15.6 Å². The quantitative estimate of drug-likeness (QED) is 0.564. The zero-order chi connectivity index (χ0) is 21.7. The number of hydrogen-bond donors (Lipinski definition) is 3. The van der Waals surface area contributed by atoms with Crippen molar-refractivity contribution in [2.24, 2.45) is 5.41 Å². The molecule has 2 aliphatic rings. The maximum absolute atomic E-state index is 12.2. The molecule has 1 aromatic rings. The highest BCUT2D eigenvalue weighted by Crippen LogP contribution is 2.41. The minimum atomic E-state index is -5.08. The van der Waals surface area contributed by atoms with E-state index in [1.165, 1.54) is 0 Å². The van der Waals surface area contributed by atoms with Crippen molar-refractivity contribution in [3.05, 3.63) is 28.5 Å². The molecule has 0 saturated carbocycles. The fourth-order valence-electron chi connectivity index (χ4n) is 3.13. The summed E-state index contributed by atoms with van der Waals surface area (Å²) >= 11 is 3.30. The van der Waals surface area contributed by atoms with E-state index in [2.05, 4.69) is 31.5 Å². The smallest absolute Gasteiger partial charge is 0.475 e. The lowest BCUT2D eigenvalue weighted by Crippen LogP contribution is -2.39. The monoisotopic (exact) mass is 481 g/mol. The number of aliphatic carboxylic acids is 1. The van der Waals surface area contributed by atoms with Gasteiger partial charge in [0, 0.05) is 23.3 Å². The molecule has 1 atom stereocenters. The summed E-state index contributed by atoms with van der Waals surface area (Å²) in [7, 11) is 0. The summed E-state index contributed by atoms with van der Waals surface area (Å²) in [6, 6.07) is 1.65. The van der Waals surface area contributed by atoms with Crippen LogP contribution in [0.2, 0.25) is 0 Å². The number of cyclic esters (lactones) is 1. The molecular weight excluding hydrogens is 463 g/mol. The maximum atomic E-state index is 12.2. The predicted octanol–water partition coefficient (Wildman–Crippen LogP) is 1.89. The summed E-state index contributed by atoms with van der Waals surface area (Å²) in [4.78, 5) is 37.1. The first-order valence-corrected chi connectivity index (χ1v) is 9.44. The van der Waals surface area contributed by atoms with E-state index in [4.69, 9.17) is 14.6 Å². The Morgan fingerprint density at radius 1 is 1.38 bits per heavy atom. The van der Waals surface area contributed by atoms with Crippen LogP contribution in [0.5, 0.6) is 0 Å². The van der Waals surface area contributed by atoms with Gasteiger partial charge >= 0.3 is 18.1 Å². The second-order valence-electron chi connectivity index (χ2n) is 6.63. The number of nitrogens with one attached hydrogen (secondary N) is 2. The highest BCUT2D eigenvalue weighted by atomic mass is 79.9. The highest BCUT2D eigenvalue weighted by molar-refractivity contribution is 9.10. The van der Waals surface area contributed by atoms with E-state index >= 15 is 0 Å². The molecule has 0 radical (unpaired) electrons. The third-order valence-electron chi connectivity index (χ3n) is 4.64. The molecule has 12 heteroatoms. The van der Waals surface area contributed by atoms with Crippen LogP contribution in [0.1, 0.15) is 29.6 Å². The average Bonchev–Trinajstić information content (AvgIpc) is 2.95. The van der Waals surface area contributed by atoms with E-state index in [9.17, 15) is 22.8 Å². The number of carbonyl (C=O) groups is 3. The number of aromatic nitrogens is 1. The third-order valence-corrected chi connectivity index (χ3v) is 5.27. The molecule has 2 fully saturated rings. The maximum Gasteiger partial charge on any atom is 0.490 e. The number of carbonyl (C=O) groups excluding carboxylic acids is 2. The first-order valence-electron chi connectivity index (χ1n) is 8.65. The number of amides is 1. The van der Waals surface area contributed by atoms with E-state index < -0.39 is 12.1 Å². The number of ether oxygens (including phenoxy) is 1. The van der Waals surface area contributed by atoms with Crippen molar-refractivity contribution in [2.75, 3.05) is 19.6 Å². The summed E-state index contributed by atoms with van der Waals surface area (Å²) in [5.41, 5.74) is 0.175. The lowest BCUT2D eigenvalue weighted by molar-refractivity contribution is -0.192. The second kappa shape index (κ2) is 9.53. The van der Waals surface area contributed by atoms with E-state index in [0.717, 1.165) is 25.9 Å². The summed E-state index contributed by atoms with van der Waals surface area (Å²) in [6.07, 6.45) is 0.132. The van der Waals surface area contributed by atoms with Gasteiger partial charge in [-0.05, 0) is 47.9 Å². The Labute approximate surface area is 172 Å². The summed E-state index contributed by atoms with van der Waals surface area (Å²) in [5.74, 6) is -3.07. The molecule has 160 valence electrons. The number of piperidine rings is 1. The lowest BCUT2D eigenvalue weighted by atomic mass is 9.76. The van der Waals surface area contributed by atoms with Gasteiger partial charge in [0.2, 0.25) is 0 Å². The summed E-state index contributed by atoms with van der Waals surface area (Å²) < 4.78 is 37.8. The minimum absolute atomic E-state index is 0.113. The van der Waals surface area contributed by atoms with E-state index in [0.29, 0.717) is 23.0 Å². The van der Waals surface area contributed by atoms with Crippen molar-refractivity contribution in [3.63, 3.8) is 0 Å². The topological polar surface area (TPSA) is 118 Å². The molecule has 1 unspecified atom stereocenters. The Hall–Kier alpha value is -2.21. The van der Waals surface area contributed by atoms with Gasteiger partial charge in [0.1, 0.15) is 6.10 Å².